The molecule has 0 radical (unpaired) electrons. The van der Waals surface area contributed by atoms with Crippen LogP contribution in [-0.2, 0) is 11.8 Å². The van der Waals surface area contributed by atoms with Crippen LogP contribution < -0.4 is 10.6 Å². The number of nitrogens with zero attached hydrogens (tertiary/aromatic N) is 2. The maximum absolute atomic E-state index is 12.6. The van der Waals surface area contributed by atoms with Gasteiger partial charge in [0.15, 0.2) is 0 Å². The molecular formula is C19H15ClN4O3. The van der Waals surface area contributed by atoms with E-state index in [2.05, 4.69) is 16.6 Å². The predicted octanol–water partition coefficient (Wildman–Crippen LogP) is 2.04. The summed E-state index contributed by atoms with van der Waals surface area (Å²) in [5.74, 6) is -0.208. The molecule has 8 heteroatoms. The number of benzene rings is 1. The lowest BCUT2D eigenvalue weighted by Crippen LogP contribution is -2.31. The number of hydrogen-bond donors (Lipinski definition) is 2. The van der Waals surface area contributed by atoms with Crippen molar-refractivity contribution < 1.29 is 14.4 Å². The Balaban J connectivity index is 2.29. The molecule has 0 aliphatic rings. The highest BCUT2D eigenvalue weighted by molar-refractivity contribution is 6.48. The summed E-state index contributed by atoms with van der Waals surface area (Å²) in [5.41, 5.74) is 1.49. The van der Waals surface area contributed by atoms with Crippen molar-refractivity contribution >= 4 is 34.9 Å². The second kappa shape index (κ2) is 8.22. The van der Waals surface area contributed by atoms with Crippen LogP contribution in [0.3, 0.4) is 0 Å². The molecule has 7 nitrogen and oxygen atoms in total. The van der Waals surface area contributed by atoms with Gasteiger partial charge >= 0.3 is 0 Å². The summed E-state index contributed by atoms with van der Waals surface area (Å²) in [6.07, 6.45) is 6.33. The number of ketones is 1. The minimum atomic E-state index is -0.912. The van der Waals surface area contributed by atoms with E-state index < -0.39 is 17.6 Å². The van der Waals surface area contributed by atoms with Gasteiger partial charge in [-0.1, -0.05) is 23.6 Å². The second-order valence-corrected chi connectivity index (χ2v) is 6.01. The molecule has 2 rings (SSSR count). The van der Waals surface area contributed by atoms with Crippen LogP contribution in [0.1, 0.15) is 32.0 Å². The van der Waals surface area contributed by atoms with Crippen LogP contribution in [0, 0.1) is 30.6 Å². The summed E-state index contributed by atoms with van der Waals surface area (Å²) in [6, 6.07) is 6.91. The number of carbonyl (C=O) groups excluding carboxylic acids is 3. The highest BCUT2D eigenvalue weighted by Crippen LogP contribution is 2.25. The Hall–Kier alpha value is -3.55. The van der Waals surface area contributed by atoms with Crippen molar-refractivity contribution in [2.45, 2.75) is 6.92 Å². The lowest BCUT2D eigenvalue weighted by atomic mass is 10.1. The molecule has 2 aromatic rings. The topological polar surface area (TPSA) is 104 Å². The lowest BCUT2D eigenvalue weighted by molar-refractivity contribution is -0.116. The van der Waals surface area contributed by atoms with Crippen LogP contribution >= 0.6 is 11.6 Å². The van der Waals surface area contributed by atoms with Crippen molar-refractivity contribution in [3.8, 4) is 18.4 Å². The Morgan fingerprint density at radius 1 is 1.33 bits per heavy atom. The second-order valence-electron chi connectivity index (χ2n) is 5.63. The fraction of sp³-hybridized carbons (Fsp3) is 0.158. The van der Waals surface area contributed by atoms with Crippen LogP contribution in [0.15, 0.2) is 24.4 Å². The predicted molar refractivity (Wildman–Crippen MR) is 100 cm³/mol. The lowest BCUT2D eigenvalue weighted by Gasteiger charge is -2.08. The molecule has 136 valence electrons. The summed E-state index contributed by atoms with van der Waals surface area (Å²) in [5, 5.41) is 13.8. The zero-order valence-corrected chi connectivity index (χ0v) is 15.3. The molecule has 0 aliphatic heterocycles. The zero-order valence-electron chi connectivity index (χ0n) is 14.6. The van der Waals surface area contributed by atoms with Gasteiger partial charge in [0, 0.05) is 18.9 Å². The van der Waals surface area contributed by atoms with Crippen molar-refractivity contribution in [3.05, 3.63) is 51.8 Å². The summed E-state index contributed by atoms with van der Waals surface area (Å²) in [4.78, 5) is 36.6. The zero-order chi connectivity index (χ0) is 20.1. The van der Waals surface area contributed by atoms with Crippen molar-refractivity contribution in [2.24, 2.45) is 7.05 Å². The van der Waals surface area contributed by atoms with Crippen LogP contribution in [0.25, 0.3) is 0 Å². The average molecular weight is 383 g/mol. The van der Waals surface area contributed by atoms with E-state index >= 15 is 0 Å². The van der Waals surface area contributed by atoms with Crippen LogP contribution in [0.4, 0.5) is 5.69 Å². The van der Waals surface area contributed by atoms with E-state index in [0.29, 0.717) is 11.3 Å². The number of aryl methyl sites for hydroxylation is 2. The standard InChI is InChI=1S/C19H15ClN4O3/c1-4-7-22-19(27)17(25)14-10-24(3)16(15(14)20)18(26)23-13-6-5-11(2)12(8-13)9-21/h1,5-6,8,10H,7H2,2-3H3,(H,22,27)(H,23,26). The van der Waals surface area contributed by atoms with Crippen LogP contribution in [0.2, 0.25) is 5.02 Å². The number of Topliss-reactive ketones (excluding diaryl/α,β-unsaturated/α-hetero) is 1. The number of amides is 2. The van der Waals surface area contributed by atoms with E-state index in [-0.39, 0.29) is 22.8 Å². The van der Waals surface area contributed by atoms with E-state index in [9.17, 15) is 14.4 Å². The summed E-state index contributed by atoms with van der Waals surface area (Å²) >= 11 is 6.17. The van der Waals surface area contributed by atoms with E-state index in [1.54, 1.807) is 19.1 Å². The van der Waals surface area contributed by atoms with Gasteiger partial charge in [0.05, 0.1) is 28.8 Å². The van der Waals surface area contributed by atoms with Crippen LogP contribution in [-0.4, -0.2) is 28.7 Å². The monoisotopic (exact) mass is 382 g/mol. The number of terminal acetylenes is 1. The van der Waals surface area contributed by atoms with Crippen molar-refractivity contribution in [1.82, 2.24) is 9.88 Å². The van der Waals surface area contributed by atoms with Crippen molar-refractivity contribution in [1.29, 1.82) is 5.26 Å². The molecule has 0 bridgehead atoms. The van der Waals surface area contributed by atoms with Gasteiger partial charge < -0.3 is 15.2 Å². The molecule has 2 amide bonds. The molecule has 0 unspecified atom stereocenters. The number of rotatable bonds is 5. The summed E-state index contributed by atoms with van der Waals surface area (Å²) in [6.45, 7) is 1.68. The van der Waals surface area contributed by atoms with Gasteiger partial charge in [0.25, 0.3) is 17.6 Å². The fourth-order valence-corrected chi connectivity index (χ4v) is 2.71. The molecule has 1 heterocycles. The van der Waals surface area contributed by atoms with Crippen LogP contribution in [0.5, 0.6) is 0 Å². The number of anilines is 1. The van der Waals surface area contributed by atoms with Gasteiger partial charge in [-0.2, -0.15) is 5.26 Å². The molecule has 1 aromatic carbocycles. The Morgan fingerprint density at radius 2 is 2.04 bits per heavy atom. The average Bonchev–Trinajstić information content (AvgIpc) is 2.94. The third-order valence-corrected chi connectivity index (χ3v) is 4.14. The SMILES string of the molecule is C#CCNC(=O)C(=O)c1cn(C)c(C(=O)Nc2ccc(C)c(C#N)c2)c1Cl. The maximum Gasteiger partial charge on any atom is 0.293 e. The minimum absolute atomic E-state index is 0.00356. The Morgan fingerprint density at radius 3 is 2.67 bits per heavy atom. The fourth-order valence-electron chi connectivity index (χ4n) is 2.36. The molecule has 2 N–H and O–H groups in total. The number of aromatic nitrogens is 1. The van der Waals surface area contributed by atoms with Gasteiger partial charge in [-0.3, -0.25) is 14.4 Å². The highest BCUT2D eigenvalue weighted by atomic mass is 35.5. The van der Waals surface area contributed by atoms with E-state index in [0.717, 1.165) is 5.56 Å². The summed E-state index contributed by atoms with van der Waals surface area (Å²) < 4.78 is 1.35. The third-order valence-electron chi connectivity index (χ3n) is 3.75. The first-order chi connectivity index (χ1) is 12.8. The largest absolute Gasteiger partial charge is 0.345 e. The van der Waals surface area contributed by atoms with E-state index in [1.165, 1.54) is 23.9 Å². The number of carbonyl (C=O) groups is 3. The van der Waals surface area contributed by atoms with Gasteiger partial charge in [0.1, 0.15) is 5.69 Å². The smallest absolute Gasteiger partial charge is 0.293 e. The first-order valence-electron chi connectivity index (χ1n) is 7.73. The minimum Gasteiger partial charge on any atom is -0.345 e. The molecule has 0 aliphatic carbocycles. The van der Waals surface area contributed by atoms with Gasteiger partial charge in [0.2, 0.25) is 0 Å². The molecule has 0 fully saturated rings. The van der Waals surface area contributed by atoms with E-state index in [1.807, 2.05) is 6.07 Å². The Kier molecular flexibility index (Phi) is 6.02. The first kappa shape index (κ1) is 19.8. The molecule has 27 heavy (non-hydrogen) atoms. The quantitative estimate of drug-likeness (QED) is 0.469. The van der Waals surface area contributed by atoms with Crippen molar-refractivity contribution in [3.63, 3.8) is 0 Å². The molecular weight excluding hydrogens is 368 g/mol. The number of nitrogens with one attached hydrogen (secondary N) is 2. The molecule has 0 atom stereocenters. The Bertz CT molecular complexity index is 1020. The molecule has 0 spiro atoms. The first-order valence-corrected chi connectivity index (χ1v) is 8.10. The number of nitriles is 1. The number of hydrogen-bond acceptors (Lipinski definition) is 4. The molecule has 0 saturated heterocycles. The molecule has 1 aromatic heterocycles. The van der Waals surface area contributed by atoms with Gasteiger partial charge in [-0.15, -0.1) is 6.42 Å². The summed E-state index contributed by atoms with van der Waals surface area (Å²) in [7, 11) is 1.52. The third kappa shape index (κ3) is 4.17. The normalized spacial score (nSPS) is 9.81. The van der Waals surface area contributed by atoms with Gasteiger partial charge in [-0.05, 0) is 24.6 Å². The van der Waals surface area contributed by atoms with Gasteiger partial charge in [-0.25, -0.2) is 0 Å². The highest BCUT2D eigenvalue weighted by Gasteiger charge is 2.26. The van der Waals surface area contributed by atoms with Crippen molar-refractivity contribution in [2.75, 3.05) is 11.9 Å². The van der Waals surface area contributed by atoms with E-state index in [4.69, 9.17) is 23.3 Å². The number of halogens is 1. The Labute approximate surface area is 160 Å². The molecule has 0 saturated carbocycles. The maximum atomic E-state index is 12.6.